The average molecular weight is 176 g/mol. The van der Waals surface area contributed by atoms with Crippen LogP contribution in [0.4, 0.5) is 11.6 Å². The molecule has 0 radical (unpaired) electrons. The van der Waals surface area contributed by atoms with Crippen LogP contribution in [-0.4, -0.2) is 30.8 Å². The van der Waals surface area contributed by atoms with Crippen molar-refractivity contribution in [2.24, 2.45) is 4.99 Å². The predicted molar refractivity (Wildman–Crippen MR) is 55.7 cm³/mol. The largest absolute Gasteiger partial charge is 0.361 e. The molecule has 0 atom stereocenters. The van der Waals surface area contributed by atoms with E-state index in [1.165, 1.54) is 0 Å². The monoisotopic (exact) mass is 176 g/mol. The quantitative estimate of drug-likeness (QED) is 0.655. The standard InChI is InChI=1S/C9H12N4/c1-5-7-9(10-2)11-6-8(12-7)13(3)4/h5-6H,1-2H2,3-4H3. The van der Waals surface area contributed by atoms with Gasteiger partial charge < -0.3 is 4.90 Å². The lowest BCUT2D eigenvalue weighted by atomic mass is 10.4. The van der Waals surface area contributed by atoms with Crippen LogP contribution in [0, 0.1) is 0 Å². The Morgan fingerprint density at radius 1 is 1.54 bits per heavy atom. The van der Waals surface area contributed by atoms with Crippen molar-refractivity contribution in [1.82, 2.24) is 9.97 Å². The van der Waals surface area contributed by atoms with Gasteiger partial charge in [-0.1, -0.05) is 6.58 Å². The fraction of sp³-hybridized carbons (Fsp3) is 0.222. The van der Waals surface area contributed by atoms with E-state index in [9.17, 15) is 0 Å². The van der Waals surface area contributed by atoms with Gasteiger partial charge in [0.2, 0.25) is 0 Å². The molecule has 0 aliphatic heterocycles. The van der Waals surface area contributed by atoms with E-state index in [0.717, 1.165) is 5.82 Å². The summed E-state index contributed by atoms with van der Waals surface area (Å²) in [5, 5.41) is 0. The molecular formula is C9H12N4. The van der Waals surface area contributed by atoms with Gasteiger partial charge in [0, 0.05) is 14.1 Å². The summed E-state index contributed by atoms with van der Waals surface area (Å²) in [6.45, 7) is 7.03. The summed E-state index contributed by atoms with van der Waals surface area (Å²) in [5.41, 5.74) is 0.654. The minimum absolute atomic E-state index is 0.514. The molecule has 0 bridgehead atoms. The molecular weight excluding hydrogens is 164 g/mol. The van der Waals surface area contributed by atoms with Gasteiger partial charge in [-0.25, -0.2) is 15.0 Å². The first-order chi connectivity index (χ1) is 6.19. The minimum Gasteiger partial charge on any atom is -0.361 e. The number of anilines is 1. The van der Waals surface area contributed by atoms with Crippen LogP contribution in [0.2, 0.25) is 0 Å². The first kappa shape index (κ1) is 9.38. The first-order valence-electron chi connectivity index (χ1n) is 3.82. The summed E-state index contributed by atoms with van der Waals surface area (Å²) in [5.74, 6) is 1.29. The molecule has 1 aromatic rings. The molecule has 0 saturated heterocycles. The van der Waals surface area contributed by atoms with Crippen molar-refractivity contribution in [2.75, 3.05) is 19.0 Å². The Hall–Kier alpha value is -1.71. The first-order valence-corrected chi connectivity index (χ1v) is 3.82. The van der Waals surface area contributed by atoms with E-state index in [1.54, 1.807) is 12.3 Å². The van der Waals surface area contributed by atoms with Gasteiger partial charge in [0.25, 0.3) is 0 Å². The molecule has 68 valence electrons. The second-order valence-electron chi connectivity index (χ2n) is 2.69. The second-order valence-corrected chi connectivity index (χ2v) is 2.69. The SMILES string of the molecule is C=Cc1nc(N(C)C)cnc1N=C. The Morgan fingerprint density at radius 2 is 2.23 bits per heavy atom. The molecule has 1 rings (SSSR count). The van der Waals surface area contributed by atoms with Gasteiger partial charge in [-0.3, -0.25) is 0 Å². The lowest BCUT2D eigenvalue weighted by molar-refractivity contribution is 1.03. The number of nitrogens with zero attached hydrogens (tertiary/aromatic N) is 4. The van der Waals surface area contributed by atoms with E-state index in [1.807, 2.05) is 19.0 Å². The molecule has 0 fully saturated rings. The van der Waals surface area contributed by atoms with Crippen molar-refractivity contribution in [2.45, 2.75) is 0 Å². The minimum atomic E-state index is 0.514. The maximum absolute atomic E-state index is 4.27. The van der Waals surface area contributed by atoms with Gasteiger partial charge >= 0.3 is 0 Å². The molecule has 0 spiro atoms. The molecule has 1 aromatic heterocycles. The zero-order valence-corrected chi connectivity index (χ0v) is 7.86. The summed E-state index contributed by atoms with van der Waals surface area (Å²) in [7, 11) is 3.80. The highest BCUT2D eigenvalue weighted by Crippen LogP contribution is 2.17. The average Bonchev–Trinajstić information content (AvgIpc) is 2.16. The normalized spacial score (nSPS) is 9.38. The van der Waals surface area contributed by atoms with Gasteiger partial charge in [-0.15, -0.1) is 0 Å². The van der Waals surface area contributed by atoms with Gasteiger partial charge in [0.05, 0.1) is 6.20 Å². The molecule has 0 aliphatic carbocycles. The maximum atomic E-state index is 4.27. The molecule has 0 amide bonds. The molecule has 1 heterocycles. The molecule has 0 aromatic carbocycles. The lowest BCUT2D eigenvalue weighted by Gasteiger charge is -2.11. The van der Waals surface area contributed by atoms with Crippen LogP contribution in [0.1, 0.15) is 5.69 Å². The summed E-state index contributed by atoms with van der Waals surface area (Å²) in [6, 6.07) is 0. The fourth-order valence-corrected chi connectivity index (χ4v) is 0.862. The van der Waals surface area contributed by atoms with Crippen molar-refractivity contribution in [1.29, 1.82) is 0 Å². The van der Waals surface area contributed by atoms with Crippen LogP contribution in [0.3, 0.4) is 0 Å². The Kier molecular flexibility index (Phi) is 2.74. The van der Waals surface area contributed by atoms with E-state index >= 15 is 0 Å². The molecule has 13 heavy (non-hydrogen) atoms. The summed E-state index contributed by atoms with van der Waals surface area (Å²) in [4.78, 5) is 14.0. The summed E-state index contributed by atoms with van der Waals surface area (Å²) < 4.78 is 0. The second kappa shape index (κ2) is 3.80. The predicted octanol–water partition coefficient (Wildman–Crippen LogP) is 1.52. The highest BCUT2D eigenvalue weighted by molar-refractivity contribution is 5.59. The van der Waals surface area contributed by atoms with E-state index < -0.39 is 0 Å². The van der Waals surface area contributed by atoms with Gasteiger partial charge in [-0.2, -0.15) is 0 Å². The van der Waals surface area contributed by atoms with Crippen LogP contribution in [-0.2, 0) is 0 Å². The maximum Gasteiger partial charge on any atom is 0.177 e. The topological polar surface area (TPSA) is 41.4 Å². The molecule has 4 nitrogen and oxygen atoms in total. The van der Waals surface area contributed by atoms with Gasteiger partial charge in [-0.05, 0) is 12.8 Å². The Labute approximate surface area is 77.7 Å². The van der Waals surface area contributed by atoms with E-state index in [4.69, 9.17) is 0 Å². The number of hydrogen-bond donors (Lipinski definition) is 0. The molecule has 0 saturated carbocycles. The van der Waals surface area contributed by atoms with E-state index in [0.29, 0.717) is 11.5 Å². The van der Waals surface area contributed by atoms with Gasteiger partial charge in [0.1, 0.15) is 11.5 Å². The molecule has 0 unspecified atom stereocenters. The lowest BCUT2D eigenvalue weighted by Crippen LogP contribution is -2.11. The highest BCUT2D eigenvalue weighted by atomic mass is 15.2. The zero-order chi connectivity index (χ0) is 9.84. The Bertz CT molecular complexity index is 330. The fourth-order valence-electron chi connectivity index (χ4n) is 0.862. The van der Waals surface area contributed by atoms with Crippen molar-refractivity contribution in [3.8, 4) is 0 Å². The van der Waals surface area contributed by atoms with Gasteiger partial charge in [0.15, 0.2) is 5.82 Å². The van der Waals surface area contributed by atoms with Crippen LogP contribution in [0.15, 0.2) is 17.8 Å². The number of hydrogen-bond acceptors (Lipinski definition) is 4. The number of aromatic nitrogens is 2. The van der Waals surface area contributed by atoms with Crippen molar-refractivity contribution in [3.05, 3.63) is 18.5 Å². The Morgan fingerprint density at radius 3 is 2.69 bits per heavy atom. The third-order valence-electron chi connectivity index (χ3n) is 1.57. The highest BCUT2D eigenvalue weighted by Gasteiger charge is 2.03. The van der Waals surface area contributed by atoms with Crippen molar-refractivity contribution < 1.29 is 0 Å². The Balaban J connectivity index is 3.20. The third kappa shape index (κ3) is 1.90. The smallest absolute Gasteiger partial charge is 0.177 e. The van der Waals surface area contributed by atoms with Crippen LogP contribution in [0.25, 0.3) is 6.08 Å². The van der Waals surface area contributed by atoms with Crippen molar-refractivity contribution in [3.63, 3.8) is 0 Å². The van der Waals surface area contributed by atoms with Crippen LogP contribution >= 0.6 is 0 Å². The summed E-state index contributed by atoms with van der Waals surface area (Å²) >= 11 is 0. The van der Waals surface area contributed by atoms with Crippen LogP contribution < -0.4 is 4.90 Å². The van der Waals surface area contributed by atoms with E-state index in [-0.39, 0.29) is 0 Å². The van der Waals surface area contributed by atoms with E-state index in [2.05, 4.69) is 28.3 Å². The third-order valence-corrected chi connectivity index (χ3v) is 1.57. The number of rotatable bonds is 3. The summed E-state index contributed by atoms with van der Waals surface area (Å²) in [6.07, 6.45) is 3.26. The number of aliphatic imine (C=N–C) groups is 1. The zero-order valence-electron chi connectivity index (χ0n) is 7.86. The molecule has 0 aliphatic rings. The van der Waals surface area contributed by atoms with Crippen molar-refractivity contribution >= 4 is 24.4 Å². The molecule has 0 N–H and O–H groups in total. The molecule has 4 heteroatoms. The van der Waals surface area contributed by atoms with Crippen LogP contribution in [0.5, 0.6) is 0 Å².